The van der Waals surface area contributed by atoms with E-state index in [0.717, 1.165) is 9.20 Å². The molecule has 0 saturated carbocycles. The van der Waals surface area contributed by atoms with Gasteiger partial charge in [-0.3, -0.25) is 4.79 Å². The molecule has 2 aromatic heterocycles. The molecule has 2 heterocycles. The summed E-state index contributed by atoms with van der Waals surface area (Å²) in [6.07, 6.45) is 0. The van der Waals surface area contributed by atoms with Gasteiger partial charge in [0.2, 0.25) is 15.7 Å². The van der Waals surface area contributed by atoms with Gasteiger partial charge in [0.1, 0.15) is 12.3 Å². The molecule has 158 valence electrons. The molecule has 4 rings (SSSR count). The first kappa shape index (κ1) is 20.3. The van der Waals surface area contributed by atoms with Gasteiger partial charge in [-0.05, 0) is 36.4 Å². The van der Waals surface area contributed by atoms with Crippen LogP contribution in [0.2, 0.25) is 0 Å². The number of carbonyl (C=O) groups excluding carboxylic acids is 1. The highest BCUT2D eigenvalue weighted by molar-refractivity contribution is 7.91. The summed E-state index contributed by atoms with van der Waals surface area (Å²) in [5.41, 5.74) is -0.123. The topological polar surface area (TPSA) is 125 Å². The predicted octanol–water partition coefficient (Wildman–Crippen LogP) is 1.37. The summed E-state index contributed by atoms with van der Waals surface area (Å²) < 4.78 is 32.4. The van der Waals surface area contributed by atoms with Gasteiger partial charge in [0.15, 0.2) is 10.7 Å². The third-order valence-electron chi connectivity index (χ3n) is 4.39. The number of methoxy groups -OCH3 is 1. The minimum Gasteiger partial charge on any atom is -0.497 e. The molecule has 0 spiro atoms. The number of carbonyl (C=O) groups is 1. The van der Waals surface area contributed by atoms with Gasteiger partial charge in [-0.1, -0.05) is 24.3 Å². The molecule has 10 nitrogen and oxygen atoms in total. The van der Waals surface area contributed by atoms with Gasteiger partial charge < -0.3 is 10.1 Å². The Kier molecular flexibility index (Phi) is 5.26. The minimum atomic E-state index is -3.91. The van der Waals surface area contributed by atoms with E-state index >= 15 is 0 Å². The number of benzene rings is 2. The van der Waals surface area contributed by atoms with Crippen molar-refractivity contribution in [3.63, 3.8) is 0 Å². The third-order valence-corrected chi connectivity index (χ3v) is 6.05. The van der Waals surface area contributed by atoms with Gasteiger partial charge in [-0.2, -0.15) is 4.52 Å². The Hall–Kier alpha value is -3.99. The van der Waals surface area contributed by atoms with Crippen LogP contribution in [0.15, 0.2) is 81.4 Å². The highest BCUT2D eigenvalue weighted by Gasteiger charge is 2.21. The second-order valence-corrected chi connectivity index (χ2v) is 8.37. The molecule has 31 heavy (non-hydrogen) atoms. The Morgan fingerprint density at radius 1 is 1.03 bits per heavy atom. The molecule has 0 saturated heterocycles. The minimum absolute atomic E-state index is 0.0555. The number of anilines is 1. The number of aromatic nitrogens is 4. The van der Waals surface area contributed by atoms with Gasteiger partial charge in [-0.15, -0.1) is 10.2 Å². The quantitative estimate of drug-likeness (QED) is 0.481. The van der Waals surface area contributed by atoms with E-state index in [2.05, 4.69) is 15.5 Å². The van der Waals surface area contributed by atoms with Crippen LogP contribution in [0.5, 0.6) is 5.75 Å². The number of rotatable bonds is 6. The van der Waals surface area contributed by atoms with Crippen molar-refractivity contribution in [3.05, 3.63) is 77.2 Å². The molecule has 1 amide bonds. The van der Waals surface area contributed by atoms with Crippen molar-refractivity contribution in [2.24, 2.45) is 0 Å². The summed E-state index contributed by atoms with van der Waals surface area (Å²) in [7, 11) is -2.40. The Balaban J connectivity index is 1.61. The van der Waals surface area contributed by atoms with Crippen LogP contribution in [0.25, 0.3) is 5.65 Å². The summed E-state index contributed by atoms with van der Waals surface area (Å²) in [6, 6.07) is 17.1. The zero-order chi connectivity index (χ0) is 22.0. The lowest BCUT2D eigenvalue weighted by atomic mass is 10.3. The Labute approximate surface area is 176 Å². The van der Waals surface area contributed by atoms with E-state index in [-0.39, 0.29) is 22.1 Å². The summed E-state index contributed by atoms with van der Waals surface area (Å²) in [6.45, 7) is -0.375. The maximum Gasteiger partial charge on any atom is 0.367 e. The summed E-state index contributed by atoms with van der Waals surface area (Å²) in [4.78, 5) is 25.0. The van der Waals surface area contributed by atoms with Gasteiger partial charge in [0.05, 0.1) is 12.0 Å². The average Bonchev–Trinajstić information content (AvgIpc) is 3.09. The number of ether oxygens (including phenoxy) is 1. The Morgan fingerprint density at radius 3 is 2.55 bits per heavy atom. The van der Waals surface area contributed by atoms with E-state index in [9.17, 15) is 18.0 Å². The molecule has 0 fully saturated rings. The third kappa shape index (κ3) is 4.03. The molecule has 0 radical (unpaired) electrons. The summed E-state index contributed by atoms with van der Waals surface area (Å²) in [5, 5.41) is 10.3. The number of nitrogens with zero attached hydrogens (tertiary/aromatic N) is 4. The first-order chi connectivity index (χ1) is 14.9. The smallest absolute Gasteiger partial charge is 0.367 e. The number of sulfone groups is 1. The summed E-state index contributed by atoms with van der Waals surface area (Å²) in [5.74, 6) is 0.0786. The lowest BCUT2D eigenvalue weighted by Gasteiger charge is -2.06. The van der Waals surface area contributed by atoms with Crippen molar-refractivity contribution in [3.8, 4) is 5.75 Å². The number of amides is 1. The standard InChI is InChI=1S/C20H17N5O5S/c1-30-15-7-5-6-14(12-15)21-18(26)13-24-20(27)25-17(22-24)10-11-19(23-25)31(28,29)16-8-3-2-4-9-16/h2-12H,13H2,1H3,(H,21,26). The first-order valence-electron chi connectivity index (χ1n) is 9.09. The van der Waals surface area contributed by atoms with Crippen LogP contribution >= 0.6 is 0 Å². The SMILES string of the molecule is COc1cccc(NC(=O)Cn2nc3ccc(S(=O)(=O)c4ccccc4)nn3c2=O)c1. The van der Waals surface area contributed by atoms with Crippen molar-refractivity contribution < 1.29 is 17.9 Å². The van der Waals surface area contributed by atoms with Gasteiger partial charge in [0, 0.05) is 11.8 Å². The monoisotopic (exact) mass is 439 g/mol. The van der Waals surface area contributed by atoms with Crippen molar-refractivity contribution in [2.75, 3.05) is 12.4 Å². The second-order valence-electron chi connectivity index (χ2n) is 6.48. The van der Waals surface area contributed by atoms with E-state index in [0.29, 0.717) is 11.4 Å². The molecule has 0 atom stereocenters. The normalized spacial score (nSPS) is 11.4. The zero-order valence-corrected chi connectivity index (χ0v) is 17.1. The van der Waals surface area contributed by atoms with E-state index in [1.165, 1.54) is 31.4 Å². The fourth-order valence-corrected chi connectivity index (χ4v) is 4.09. The van der Waals surface area contributed by atoms with Crippen LogP contribution in [0, 0.1) is 0 Å². The molecule has 2 aromatic carbocycles. The fraction of sp³-hybridized carbons (Fsp3) is 0.100. The molecule has 0 unspecified atom stereocenters. The summed E-state index contributed by atoms with van der Waals surface area (Å²) >= 11 is 0. The maximum absolute atomic E-state index is 12.7. The molecular weight excluding hydrogens is 422 g/mol. The first-order valence-corrected chi connectivity index (χ1v) is 10.6. The van der Waals surface area contributed by atoms with Crippen LogP contribution in [0.4, 0.5) is 5.69 Å². The number of nitrogens with one attached hydrogen (secondary N) is 1. The maximum atomic E-state index is 12.7. The second kappa shape index (κ2) is 8.03. The lowest BCUT2D eigenvalue weighted by molar-refractivity contribution is -0.117. The molecular formula is C20H17N5O5S. The molecule has 1 N–H and O–H groups in total. The van der Waals surface area contributed by atoms with Crippen molar-refractivity contribution in [1.82, 2.24) is 19.4 Å². The van der Waals surface area contributed by atoms with Crippen molar-refractivity contribution in [1.29, 1.82) is 0 Å². The fourth-order valence-electron chi connectivity index (χ4n) is 2.90. The predicted molar refractivity (Wildman–Crippen MR) is 111 cm³/mol. The number of fused-ring (bicyclic) bond motifs is 1. The largest absolute Gasteiger partial charge is 0.497 e. The highest BCUT2D eigenvalue weighted by atomic mass is 32.2. The van der Waals surface area contributed by atoms with Crippen LogP contribution in [0.3, 0.4) is 0 Å². The van der Waals surface area contributed by atoms with E-state index in [4.69, 9.17) is 4.74 Å². The molecule has 4 aromatic rings. The van der Waals surface area contributed by atoms with Crippen molar-refractivity contribution >= 4 is 27.1 Å². The van der Waals surface area contributed by atoms with E-state index < -0.39 is 21.4 Å². The van der Waals surface area contributed by atoms with E-state index in [1.54, 1.807) is 42.5 Å². The van der Waals surface area contributed by atoms with Crippen molar-refractivity contribution in [2.45, 2.75) is 16.5 Å². The Morgan fingerprint density at radius 2 is 1.81 bits per heavy atom. The Bertz CT molecular complexity index is 1430. The molecule has 0 bridgehead atoms. The van der Waals surface area contributed by atoms with Crippen LogP contribution in [-0.2, 0) is 21.2 Å². The number of hydrogen-bond donors (Lipinski definition) is 1. The lowest BCUT2D eigenvalue weighted by Crippen LogP contribution is -2.29. The van der Waals surface area contributed by atoms with Gasteiger partial charge in [0.25, 0.3) is 0 Å². The van der Waals surface area contributed by atoms with Crippen LogP contribution in [-0.4, -0.2) is 40.8 Å². The molecule has 0 aliphatic heterocycles. The molecule has 0 aliphatic carbocycles. The van der Waals surface area contributed by atoms with Crippen LogP contribution < -0.4 is 15.7 Å². The van der Waals surface area contributed by atoms with Gasteiger partial charge >= 0.3 is 5.69 Å². The zero-order valence-electron chi connectivity index (χ0n) is 16.3. The highest BCUT2D eigenvalue weighted by Crippen LogP contribution is 2.18. The van der Waals surface area contributed by atoms with Gasteiger partial charge in [-0.25, -0.2) is 17.9 Å². The molecule has 11 heteroatoms. The number of hydrogen-bond acceptors (Lipinski definition) is 7. The van der Waals surface area contributed by atoms with Crippen LogP contribution in [0.1, 0.15) is 0 Å². The van der Waals surface area contributed by atoms with E-state index in [1.807, 2.05) is 0 Å². The molecule has 0 aliphatic rings. The average molecular weight is 439 g/mol.